The number of nitrogens with zero attached hydrogens (tertiary/aromatic N) is 3. The van der Waals surface area contributed by atoms with Crippen LogP contribution >= 0.6 is 0 Å². The Kier molecular flexibility index (Phi) is 6.56. The molecule has 176 valence electrons. The van der Waals surface area contributed by atoms with Crippen molar-refractivity contribution in [1.29, 1.82) is 0 Å². The van der Waals surface area contributed by atoms with E-state index in [4.69, 9.17) is 4.74 Å². The second-order valence-electron chi connectivity index (χ2n) is 7.79. The fraction of sp³-hybridized carbons (Fsp3) is 0.200. The molecule has 1 aromatic heterocycles. The molecule has 0 spiro atoms. The van der Waals surface area contributed by atoms with Crippen LogP contribution in [0.4, 0.5) is 13.2 Å². The molecule has 1 N–H and O–H groups in total. The second kappa shape index (κ2) is 9.56. The van der Waals surface area contributed by atoms with Gasteiger partial charge in [0.15, 0.2) is 0 Å². The largest absolute Gasteiger partial charge is 0.490 e. The number of hydrogen-bond acceptors (Lipinski definition) is 4. The summed E-state index contributed by atoms with van der Waals surface area (Å²) in [5, 5.41) is 10.2. The van der Waals surface area contributed by atoms with Crippen LogP contribution in [0.1, 0.15) is 15.9 Å². The summed E-state index contributed by atoms with van der Waals surface area (Å²) >= 11 is 0. The molecular formula is C25H22F3N3O3. The van der Waals surface area contributed by atoms with Gasteiger partial charge < -0.3 is 14.7 Å². The molecule has 0 aliphatic rings. The predicted molar refractivity (Wildman–Crippen MR) is 121 cm³/mol. The zero-order valence-corrected chi connectivity index (χ0v) is 18.2. The van der Waals surface area contributed by atoms with E-state index >= 15 is 0 Å². The number of aromatic nitrogens is 2. The fourth-order valence-corrected chi connectivity index (χ4v) is 3.61. The maximum Gasteiger partial charge on any atom is 0.419 e. The molecule has 4 rings (SSSR count). The molecular weight excluding hydrogens is 447 g/mol. The third-order valence-corrected chi connectivity index (χ3v) is 5.30. The van der Waals surface area contributed by atoms with E-state index in [1.165, 1.54) is 30.1 Å². The second-order valence-corrected chi connectivity index (χ2v) is 7.79. The molecule has 6 nitrogen and oxygen atoms in total. The Morgan fingerprint density at radius 1 is 1.06 bits per heavy atom. The average Bonchev–Trinajstić information content (AvgIpc) is 3.26. The molecule has 0 bridgehead atoms. The van der Waals surface area contributed by atoms with Gasteiger partial charge in [-0.3, -0.25) is 9.36 Å². The Hall–Kier alpha value is -3.85. The first-order valence-electron chi connectivity index (χ1n) is 10.5. The van der Waals surface area contributed by atoms with Gasteiger partial charge >= 0.3 is 6.18 Å². The van der Waals surface area contributed by atoms with Crippen molar-refractivity contribution in [3.8, 4) is 11.4 Å². The first kappa shape index (κ1) is 23.3. The van der Waals surface area contributed by atoms with E-state index < -0.39 is 24.5 Å². The first-order chi connectivity index (χ1) is 16.2. The topological polar surface area (TPSA) is 67.6 Å². The summed E-state index contributed by atoms with van der Waals surface area (Å²) in [6, 6.07) is 19.4. The molecule has 0 fully saturated rings. The van der Waals surface area contributed by atoms with Crippen LogP contribution in [0.5, 0.6) is 5.75 Å². The van der Waals surface area contributed by atoms with Crippen molar-refractivity contribution in [3.63, 3.8) is 0 Å². The van der Waals surface area contributed by atoms with Gasteiger partial charge in [0.05, 0.1) is 16.6 Å². The number of fused-ring (bicyclic) bond motifs is 1. The zero-order valence-electron chi connectivity index (χ0n) is 18.2. The van der Waals surface area contributed by atoms with Gasteiger partial charge in [0.1, 0.15) is 24.8 Å². The summed E-state index contributed by atoms with van der Waals surface area (Å²) in [6.07, 6.45) is -4.03. The molecule has 0 radical (unpaired) electrons. The first-order valence-corrected chi connectivity index (χ1v) is 10.5. The minimum absolute atomic E-state index is 0.110. The third kappa shape index (κ3) is 5.04. The van der Waals surface area contributed by atoms with Crippen LogP contribution in [0.2, 0.25) is 0 Å². The molecule has 1 atom stereocenters. The summed E-state index contributed by atoms with van der Waals surface area (Å²) in [4.78, 5) is 18.4. The lowest BCUT2D eigenvalue weighted by Gasteiger charge is -2.22. The summed E-state index contributed by atoms with van der Waals surface area (Å²) in [5.41, 5.74) is 2.12. The molecule has 34 heavy (non-hydrogen) atoms. The van der Waals surface area contributed by atoms with Gasteiger partial charge in [-0.25, -0.2) is 4.98 Å². The summed E-state index contributed by atoms with van der Waals surface area (Å²) in [5.74, 6) is -0.706. The Balaban J connectivity index is 1.37. The molecule has 1 heterocycles. The normalized spacial score (nSPS) is 12.5. The van der Waals surface area contributed by atoms with E-state index in [1.54, 1.807) is 30.6 Å². The minimum Gasteiger partial charge on any atom is -0.490 e. The van der Waals surface area contributed by atoms with E-state index in [1.807, 2.05) is 28.8 Å². The highest BCUT2D eigenvalue weighted by atomic mass is 19.4. The number of aliphatic hydroxyl groups excluding tert-OH is 1. The predicted octanol–water partition coefficient (Wildman–Crippen LogP) is 4.56. The Labute approximate surface area is 193 Å². The lowest BCUT2D eigenvalue weighted by molar-refractivity contribution is -0.139. The van der Waals surface area contributed by atoms with Gasteiger partial charge in [-0.2, -0.15) is 13.2 Å². The third-order valence-electron chi connectivity index (χ3n) is 5.30. The van der Waals surface area contributed by atoms with Crippen molar-refractivity contribution in [2.75, 3.05) is 20.2 Å². The van der Waals surface area contributed by atoms with E-state index in [9.17, 15) is 23.1 Å². The number of amides is 1. The van der Waals surface area contributed by atoms with Gasteiger partial charge in [0.25, 0.3) is 5.91 Å². The smallest absolute Gasteiger partial charge is 0.419 e. The highest BCUT2D eigenvalue weighted by molar-refractivity contribution is 5.94. The highest BCUT2D eigenvalue weighted by Crippen LogP contribution is 2.35. The number of alkyl halides is 3. The molecule has 0 saturated carbocycles. The number of likely N-dealkylation sites (N-methyl/N-ethyl adjacent to an activating group) is 1. The van der Waals surface area contributed by atoms with E-state index in [2.05, 4.69) is 4.98 Å². The number of para-hydroxylation sites is 3. The van der Waals surface area contributed by atoms with E-state index in [0.717, 1.165) is 22.8 Å². The van der Waals surface area contributed by atoms with Crippen LogP contribution in [0, 0.1) is 0 Å². The lowest BCUT2D eigenvalue weighted by atomic mass is 10.1. The molecule has 0 aliphatic heterocycles. The van der Waals surface area contributed by atoms with Crippen molar-refractivity contribution in [2.45, 2.75) is 12.3 Å². The Bertz CT molecular complexity index is 1290. The number of benzene rings is 3. The van der Waals surface area contributed by atoms with Crippen molar-refractivity contribution in [1.82, 2.24) is 14.5 Å². The number of hydrogen-bond donors (Lipinski definition) is 1. The van der Waals surface area contributed by atoms with E-state index in [0.29, 0.717) is 5.56 Å². The van der Waals surface area contributed by atoms with Gasteiger partial charge in [-0.15, -0.1) is 0 Å². The molecule has 9 heteroatoms. The number of aliphatic hydroxyl groups is 1. The van der Waals surface area contributed by atoms with Crippen LogP contribution < -0.4 is 4.74 Å². The van der Waals surface area contributed by atoms with Crippen LogP contribution in [0.25, 0.3) is 16.7 Å². The Morgan fingerprint density at radius 3 is 2.47 bits per heavy atom. The Morgan fingerprint density at radius 2 is 1.74 bits per heavy atom. The maximum absolute atomic E-state index is 13.1. The van der Waals surface area contributed by atoms with Gasteiger partial charge in [-0.05, 0) is 48.5 Å². The molecule has 1 unspecified atom stereocenters. The number of carbonyl (C=O) groups excluding carboxylic acids is 1. The van der Waals surface area contributed by atoms with E-state index in [-0.39, 0.29) is 18.2 Å². The molecule has 0 aliphatic carbocycles. The van der Waals surface area contributed by atoms with Crippen molar-refractivity contribution >= 4 is 16.9 Å². The van der Waals surface area contributed by atoms with Crippen LogP contribution in [0.3, 0.4) is 0 Å². The van der Waals surface area contributed by atoms with Crippen molar-refractivity contribution < 1.29 is 27.8 Å². The average molecular weight is 469 g/mol. The monoisotopic (exact) mass is 469 g/mol. The van der Waals surface area contributed by atoms with Gasteiger partial charge in [-0.1, -0.05) is 24.3 Å². The highest BCUT2D eigenvalue weighted by Gasteiger charge is 2.34. The lowest BCUT2D eigenvalue weighted by Crippen LogP contribution is -2.37. The van der Waals surface area contributed by atoms with Crippen molar-refractivity contribution in [2.24, 2.45) is 0 Å². The SMILES string of the molecule is CN(CC(O)COc1ccccc1C(F)(F)F)C(=O)c1ccc(-n2cnc3ccccc32)cc1. The minimum atomic E-state index is -4.57. The standard InChI is InChI=1S/C25H22F3N3O3/c1-30(14-19(32)15-34-23-9-5-2-6-20(23)25(26,27)28)24(33)17-10-12-18(13-11-17)31-16-29-21-7-3-4-8-22(21)31/h2-13,16,19,32H,14-15H2,1H3. The molecule has 0 saturated heterocycles. The zero-order chi connectivity index (χ0) is 24.3. The number of ether oxygens (including phenoxy) is 1. The number of carbonyl (C=O) groups is 1. The van der Waals surface area contributed by atoms with Gasteiger partial charge in [0, 0.05) is 24.8 Å². The molecule has 3 aromatic carbocycles. The number of rotatable bonds is 7. The van der Waals surface area contributed by atoms with Crippen LogP contribution in [-0.2, 0) is 6.18 Å². The number of imidazole rings is 1. The number of halogens is 3. The summed E-state index contributed by atoms with van der Waals surface area (Å²) < 4.78 is 46.3. The van der Waals surface area contributed by atoms with Crippen LogP contribution in [-0.4, -0.2) is 51.8 Å². The quantitative estimate of drug-likeness (QED) is 0.431. The van der Waals surface area contributed by atoms with Crippen molar-refractivity contribution in [3.05, 3.63) is 90.3 Å². The van der Waals surface area contributed by atoms with Crippen LogP contribution in [0.15, 0.2) is 79.1 Å². The molecule has 1 amide bonds. The van der Waals surface area contributed by atoms with Gasteiger partial charge in [0.2, 0.25) is 0 Å². The summed E-state index contributed by atoms with van der Waals surface area (Å²) in [7, 11) is 1.51. The maximum atomic E-state index is 13.1. The molecule has 4 aromatic rings. The fourth-order valence-electron chi connectivity index (χ4n) is 3.61. The summed E-state index contributed by atoms with van der Waals surface area (Å²) in [6.45, 7) is -0.502.